The SMILES string of the molecule is N#CC1CCC(C#N)c2ccccc21. The van der Waals surface area contributed by atoms with E-state index in [1.807, 2.05) is 24.3 Å². The van der Waals surface area contributed by atoms with Gasteiger partial charge in [0.05, 0.1) is 24.0 Å². The Labute approximate surface area is 83.4 Å². The van der Waals surface area contributed by atoms with Gasteiger partial charge in [0.2, 0.25) is 0 Å². The minimum atomic E-state index is -0.0178. The maximum absolute atomic E-state index is 8.96. The Balaban J connectivity index is 2.51. The normalized spacial score (nSPS) is 24.4. The highest BCUT2D eigenvalue weighted by atomic mass is 14.4. The predicted molar refractivity (Wildman–Crippen MR) is 52.4 cm³/mol. The molecular formula is C12H10N2. The summed E-state index contributed by atoms with van der Waals surface area (Å²) in [6.45, 7) is 0. The van der Waals surface area contributed by atoms with Gasteiger partial charge < -0.3 is 0 Å². The quantitative estimate of drug-likeness (QED) is 0.619. The topological polar surface area (TPSA) is 47.6 Å². The highest BCUT2D eigenvalue weighted by Gasteiger charge is 2.26. The Morgan fingerprint density at radius 3 is 1.71 bits per heavy atom. The summed E-state index contributed by atoms with van der Waals surface area (Å²) < 4.78 is 0. The summed E-state index contributed by atoms with van der Waals surface area (Å²) in [6.07, 6.45) is 1.62. The van der Waals surface area contributed by atoms with Crippen LogP contribution in [0.4, 0.5) is 0 Å². The average Bonchev–Trinajstić information content (AvgIpc) is 2.27. The van der Waals surface area contributed by atoms with Crippen LogP contribution in [0, 0.1) is 22.7 Å². The van der Waals surface area contributed by atoms with E-state index in [1.54, 1.807) is 0 Å². The van der Waals surface area contributed by atoms with E-state index >= 15 is 0 Å². The third-order valence-corrected chi connectivity index (χ3v) is 2.80. The fourth-order valence-electron chi connectivity index (χ4n) is 2.06. The van der Waals surface area contributed by atoms with Crippen molar-refractivity contribution in [2.24, 2.45) is 0 Å². The highest BCUT2D eigenvalue weighted by molar-refractivity contribution is 5.41. The highest BCUT2D eigenvalue weighted by Crippen LogP contribution is 2.37. The van der Waals surface area contributed by atoms with E-state index in [4.69, 9.17) is 10.5 Å². The molecule has 0 saturated carbocycles. The molecule has 68 valence electrons. The zero-order valence-electron chi connectivity index (χ0n) is 7.77. The van der Waals surface area contributed by atoms with Crippen molar-refractivity contribution in [1.29, 1.82) is 10.5 Å². The standard InChI is InChI=1S/C12H10N2/c13-7-9-5-6-10(8-14)12-4-2-1-3-11(9)12/h1-4,9-10H,5-6H2. The Kier molecular flexibility index (Phi) is 2.21. The molecular weight excluding hydrogens is 172 g/mol. The second-order valence-corrected chi connectivity index (χ2v) is 3.57. The van der Waals surface area contributed by atoms with Crippen LogP contribution in [0.25, 0.3) is 0 Å². The number of benzene rings is 1. The molecule has 1 aliphatic carbocycles. The first-order valence-corrected chi connectivity index (χ1v) is 4.75. The van der Waals surface area contributed by atoms with E-state index < -0.39 is 0 Å². The predicted octanol–water partition coefficient (Wildman–Crippen LogP) is 2.69. The van der Waals surface area contributed by atoms with Gasteiger partial charge in [-0.2, -0.15) is 10.5 Å². The van der Waals surface area contributed by atoms with Gasteiger partial charge in [-0.25, -0.2) is 0 Å². The summed E-state index contributed by atoms with van der Waals surface area (Å²) in [6, 6.07) is 12.4. The summed E-state index contributed by atoms with van der Waals surface area (Å²) in [4.78, 5) is 0. The number of hydrogen-bond acceptors (Lipinski definition) is 2. The molecule has 2 heteroatoms. The van der Waals surface area contributed by atoms with Gasteiger partial charge in [-0.05, 0) is 24.0 Å². The largest absolute Gasteiger partial charge is 0.198 e. The molecule has 2 atom stereocenters. The number of rotatable bonds is 0. The van der Waals surface area contributed by atoms with E-state index in [0.29, 0.717) is 0 Å². The van der Waals surface area contributed by atoms with Crippen molar-refractivity contribution in [2.45, 2.75) is 24.7 Å². The number of fused-ring (bicyclic) bond motifs is 1. The van der Waals surface area contributed by atoms with E-state index in [0.717, 1.165) is 24.0 Å². The van der Waals surface area contributed by atoms with Crippen LogP contribution in [-0.2, 0) is 0 Å². The molecule has 0 saturated heterocycles. The molecule has 0 N–H and O–H groups in total. The van der Waals surface area contributed by atoms with Gasteiger partial charge in [0.25, 0.3) is 0 Å². The third-order valence-electron chi connectivity index (χ3n) is 2.80. The molecule has 0 aromatic heterocycles. The second kappa shape index (κ2) is 3.52. The number of nitrogens with zero attached hydrogens (tertiary/aromatic N) is 2. The van der Waals surface area contributed by atoms with E-state index in [2.05, 4.69) is 12.1 Å². The molecule has 0 radical (unpaired) electrons. The molecule has 1 aromatic rings. The van der Waals surface area contributed by atoms with Crippen LogP contribution in [0.2, 0.25) is 0 Å². The molecule has 0 aliphatic heterocycles. The molecule has 0 spiro atoms. The molecule has 2 unspecified atom stereocenters. The monoisotopic (exact) mass is 182 g/mol. The third kappa shape index (κ3) is 1.26. The molecule has 0 amide bonds. The van der Waals surface area contributed by atoms with Crippen molar-refractivity contribution in [2.75, 3.05) is 0 Å². The lowest BCUT2D eigenvalue weighted by Crippen LogP contribution is -2.12. The lowest BCUT2D eigenvalue weighted by Gasteiger charge is -2.23. The van der Waals surface area contributed by atoms with Gasteiger partial charge in [-0.1, -0.05) is 24.3 Å². The first-order valence-electron chi connectivity index (χ1n) is 4.75. The van der Waals surface area contributed by atoms with Crippen LogP contribution in [-0.4, -0.2) is 0 Å². The Hall–Kier alpha value is -1.80. The van der Waals surface area contributed by atoms with Crippen molar-refractivity contribution in [3.05, 3.63) is 35.4 Å². The maximum Gasteiger partial charge on any atom is 0.0716 e. The average molecular weight is 182 g/mol. The Morgan fingerprint density at radius 2 is 1.36 bits per heavy atom. The fraction of sp³-hybridized carbons (Fsp3) is 0.333. The van der Waals surface area contributed by atoms with Crippen LogP contribution in [0.15, 0.2) is 24.3 Å². The van der Waals surface area contributed by atoms with Gasteiger partial charge in [0.15, 0.2) is 0 Å². The van der Waals surface area contributed by atoms with Crippen molar-refractivity contribution in [1.82, 2.24) is 0 Å². The van der Waals surface area contributed by atoms with Crippen molar-refractivity contribution < 1.29 is 0 Å². The second-order valence-electron chi connectivity index (χ2n) is 3.57. The van der Waals surface area contributed by atoms with Crippen LogP contribution < -0.4 is 0 Å². The van der Waals surface area contributed by atoms with E-state index in [-0.39, 0.29) is 11.8 Å². The van der Waals surface area contributed by atoms with Gasteiger partial charge >= 0.3 is 0 Å². The van der Waals surface area contributed by atoms with Crippen LogP contribution >= 0.6 is 0 Å². The molecule has 0 bridgehead atoms. The number of nitriles is 2. The molecule has 2 nitrogen and oxygen atoms in total. The summed E-state index contributed by atoms with van der Waals surface area (Å²) in [5.41, 5.74) is 2.10. The summed E-state index contributed by atoms with van der Waals surface area (Å²) in [5, 5.41) is 17.9. The summed E-state index contributed by atoms with van der Waals surface area (Å²) >= 11 is 0. The Bertz CT molecular complexity index is 382. The zero-order chi connectivity index (χ0) is 9.97. The van der Waals surface area contributed by atoms with Crippen molar-refractivity contribution >= 4 is 0 Å². The van der Waals surface area contributed by atoms with Crippen LogP contribution in [0.5, 0.6) is 0 Å². The van der Waals surface area contributed by atoms with Crippen molar-refractivity contribution in [3.8, 4) is 12.1 Å². The first-order chi connectivity index (χ1) is 6.86. The van der Waals surface area contributed by atoms with Gasteiger partial charge in [-0.3, -0.25) is 0 Å². The maximum atomic E-state index is 8.96. The summed E-state index contributed by atoms with van der Waals surface area (Å²) in [5.74, 6) is -0.0356. The minimum Gasteiger partial charge on any atom is -0.198 e. The van der Waals surface area contributed by atoms with Gasteiger partial charge in [0.1, 0.15) is 0 Å². The van der Waals surface area contributed by atoms with Crippen LogP contribution in [0.1, 0.15) is 35.8 Å². The van der Waals surface area contributed by atoms with E-state index in [1.165, 1.54) is 0 Å². The van der Waals surface area contributed by atoms with E-state index in [9.17, 15) is 0 Å². The minimum absolute atomic E-state index is 0.0178. The van der Waals surface area contributed by atoms with Crippen molar-refractivity contribution in [3.63, 3.8) is 0 Å². The molecule has 0 fully saturated rings. The number of hydrogen-bond donors (Lipinski definition) is 0. The smallest absolute Gasteiger partial charge is 0.0716 e. The summed E-state index contributed by atoms with van der Waals surface area (Å²) in [7, 11) is 0. The molecule has 0 heterocycles. The molecule has 1 aromatic carbocycles. The first kappa shape index (κ1) is 8.78. The van der Waals surface area contributed by atoms with Gasteiger partial charge in [-0.15, -0.1) is 0 Å². The lowest BCUT2D eigenvalue weighted by atomic mass is 9.78. The molecule has 14 heavy (non-hydrogen) atoms. The lowest BCUT2D eigenvalue weighted by molar-refractivity contribution is 0.597. The molecule has 2 rings (SSSR count). The van der Waals surface area contributed by atoms with Gasteiger partial charge in [0, 0.05) is 0 Å². The molecule has 1 aliphatic rings. The Morgan fingerprint density at radius 1 is 0.929 bits per heavy atom. The zero-order valence-corrected chi connectivity index (χ0v) is 7.77. The fourth-order valence-corrected chi connectivity index (χ4v) is 2.06. The van der Waals surface area contributed by atoms with Crippen LogP contribution in [0.3, 0.4) is 0 Å².